The van der Waals surface area contributed by atoms with E-state index >= 15 is 0 Å². The number of nitrogens with zero attached hydrogens (tertiary/aromatic N) is 2. The summed E-state index contributed by atoms with van der Waals surface area (Å²) in [4.78, 5) is 27.4. The molecule has 0 aliphatic rings. The van der Waals surface area contributed by atoms with Crippen molar-refractivity contribution in [3.63, 3.8) is 0 Å². The van der Waals surface area contributed by atoms with Crippen molar-refractivity contribution >= 4 is 60.0 Å². The Bertz CT molecular complexity index is 1090. The SMILES string of the molecule is CCOc1ccc(NC(=O)COc2c(Br)cc(Br)c3cccnc23)c([N+](=O)[O-])c1. The molecule has 3 aromatic rings. The molecule has 0 saturated heterocycles. The van der Waals surface area contributed by atoms with Gasteiger partial charge in [0.1, 0.15) is 17.0 Å². The summed E-state index contributed by atoms with van der Waals surface area (Å²) in [7, 11) is 0. The highest BCUT2D eigenvalue weighted by molar-refractivity contribution is 9.11. The number of fused-ring (bicyclic) bond motifs is 1. The second-order valence-electron chi connectivity index (χ2n) is 5.77. The van der Waals surface area contributed by atoms with E-state index in [-0.39, 0.29) is 18.0 Å². The van der Waals surface area contributed by atoms with Gasteiger partial charge in [-0.1, -0.05) is 22.0 Å². The second kappa shape index (κ2) is 9.19. The zero-order valence-electron chi connectivity index (χ0n) is 15.1. The zero-order chi connectivity index (χ0) is 21.0. The largest absolute Gasteiger partial charge is 0.494 e. The summed E-state index contributed by atoms with van der Waals surface area (Å²) < 4.78 is 12.4. The molecule has 0 bridgehead atoms. The molecule has 0 radical (unpaired) electrons. The first kappa shape index (κ1) is 21.0. The number of pyridine rings is 1. The quantitative estimate of drug-likeness (QED) is 0.341. The van der Waals surface area contributed by atoms with Gasteiger partial charge < -0.3 is 14.8 Å². The lowest BCUT2D eigenvalue weighted by molar-refractivity contribution is -0.384. The van der Waals surface area contributed by atoms with E-state index in [4.69, 9.17) is 9.47 Å². The van der Waals surface area contributed by atoms with Crippen molar-refractivity contribution in [2.75, 3.05) is 18.5 Å². The average molecular weight is 525 g/mol. The van der Waals surface area contributed by atoms with Crippen LogP contribution in [0.5, 0.6) is 11.5 Å². The monoisotopic (exact) mass is 523 g/mol. The molecule has 0 fully saturated rings. The van der Waals surface area contributed by atoms with Gasteiger partial charge in [0.25, 0.3) is 11.6 Å². The number of hydrogen-bond acceptors (Lipinski definition) is 6. The molecule has 2 aromatic carbocycles. The van der Waals surface area contributed by atoms with Crippen molar-refractivity contribution in [3.05, 3.63) is 61.7 Å². The summed E-state index contributed by atoms with van der Waals surface area (Å²) >= 11 is 6.87. The van der Waals surface area contributed by atoms with Gasteiger partial charge in [-0.05, 0) is 47.1 Å². The minimum Gasteiger partial charge on any atom is -0.494 e. The number of anilines is 1. The Labute approximate surface area is 182 Å². The number of carbonyl (C=O) groups excluding carboxylic acids is 1. The topological polar surface area (TPSA) is 104 Å². The molecule has 0 saturated carbocycles. The third kappa shape index (κ3) is 4.83. The van der Waals surface area contributed by atoms with E-state index in [9.17, 15) is 14.9 Å². The minimum absolute atomic E-state index is 0.0601. The number of nitro benzene ring substituents is 1. The number of nitrogens with one attached hydrogen (secondary N) is 1. The standard InChI is InChI=1S/C19H15Br2N3O5/c1-2-28-11-5-6-15(16(8-11)24(26)27)23-17(25)10-29-19-14(21)9-13(20)12-4-3-7-22-18(12)19/h3-9H,2,10H2,1H3,(H,23,25). The van der Waals surface area contributed by atoms with Gasteiger partial charge in [0.15, 0.2) is 12.4 Å². The zero-order valence-corrected chi connectivity index (χ0v) is 18.3. The average Bonchev–Trinajstić information content (AvgIpc) is 2.69. The summed E-state index contributed by atoms with van der Waals surface area (Å²) in [6.07, 6.45) is 1.62. The maximum absolute atomic E-state index is 12.4. The molecule has 0 spiro atoms. The summed E-state index contributed by atoms with van der Waals surface area (Å²) in [5.74, 6) is 0.209. The van der Waals surface area contributed by atoms with Crippen LogP contribution in [0.4, 0.5) is 11.4 Å². The molecule has 8 nitrogen and oxygen atoms in total. The number of halogens is 2. The number of nitro groups is 1. The first-order valence-corrected chi connectivity index (χ1v) is 10.1. The Balaban J connectivity index is 1.78. The molecule has 0 aliphatic heterocycles. The fraction of sp³-hybridized carbons (Fsp3) is 0.158. The van der Waals surface area contributed by atoms with E-state index in [1.54, 1.807) is 31.3 Å². The molecular weight excluding hydrogens is 510 g/mol. The molecule has 1 aromatic heterocycles. The van der Waals surface area contributed by atoms with Crippen LogP contribution in [-0.2, 0) is 4.79 Å². The fourth-order valence-electron chi connectivity index (χ4n) is 2.63. The highest BCUT2D eigenvalue weighted by Crippen LogP contribution is 2.37. The van der Waals surface area contributed by atoms with Crippen molar-refractivity contribution in [2.24, 2.45) is 0 Å². The van der Waals surface area contributed by atoms with Crippen molar-refractivity contribution in [3.8, 4) is 11.5 Å². The van der Waals surface area contributed by atoms with Crippen LogP contribution in [0.1, 0.15) is 6.92 Å². The van der Waals surface area contributed by atoms with Gasteiger partial charge in [0.05, 0.1) is 22.1 Å². The molecule has 150 valence electrons. The molecule has 10 heteroatoms. The van der Waals surface area contributed by atoms with Crippen molar-refractivity contribution < 1.29 is 19.2 Å². The van der Waals surface area contributed by atoms with E-state index in [0.717, 1.165) is 9.86 Å². The maximum Gasteiger partial charge on any atom is 0.296 e. The van der Waals surface area contributed by atoms with E-state index in [0.29, 0.717) is 28.1 Å². The third-order valence-electron chi connectivity index (χ3n) is 3.85. The molecule has 0 atom stereocenters. The minimum atomic E-state index is -0.582. The number of ether oxygens (including phenoxy) is 2. The van der Waals surface area contributed by atoms with Crippen LogP contribution < -0.4 is 14.8 Å². The number of aromatic nitrogens is 1. The molecular formula is C19H15Br2N3O5. The number of benzene rings is 2. The van der Waals surface area contributed by atoms with Gasteiger partial charge in [0, 0.05) is 16.1 Å². The van der Waals surface area contributed by atoms with E-state index in [2.05, 4.69) is 42.2 Å². The molecule has 0 unspecified atom stereocenters. The predicted octanol–water partition coefficient (Wildman–Crippen LogP) is 5.08. The molecule has 1 amide bonds. The number of rotatable bonds is 7. The van der Waals surface area contributed by atoms with E-state index in [1.165, 1.54) is 12.1 Å². The van der Waals surface area contributed by atoms with Crippen LogP contribution in [0.15, 0.2) is 51.5 Å². The van der Waals surface area contributed by atoms with Gasteiger partial charge in [-0.25, -0.2) is 0 Å². The Morgan fingerprint density at radius 3 is 2.72 bits per heavy atom. The lowest BCUT2D eigenvalue weighted by atomic mass is 10.2. The van der Waals surface area contributed by atoms with Crippen LogP contribution in [0, 0.1) is 10.1 Å². The van der Waals surface area contributed by atoms with Crippen LogP contribution in [0.2, 0.25) is 0 Å². The van der Waals surface area contributed by atoms with Gasteiger partial charge in [-0.2, -0.15) is 0 Å². The van der Waals surface area contributed by atoms with Crippen molar-refractivity contribution in [1.29, 1.82) is 0 Å². The molecule has 29 heavy (non-hydrogen) atoms. The fourth-order valence-corrected chi connectivity index (χ4v) is 4.02. The Morgan fingerprint density at radius 1 is 1.21 bits per heavy atom. The predicted molar refractivity (Wildman–Crippen MR) is 116 cm³/mol. The second-order valence-corrected chi connectivity index (χ2v) is 7.48. The first-order valence-electron chi connectivity index (χ1n) is 8.47. The summed E-state index contributed by atoms with van der Waals surface area (Å²) in [6.45, 7) is 1.80. The van der Waals surface area contributed by atoms with Crippen LogP contribution in [-0.4, -0.2) is 29.0 Å². The number of carbonyl (C=O) groups is 1. The number of hydrogen-bond donors (Lipinski definition) is 1. The van der Waals surface area contributed by atoms with Crippen molar-refractivity contribution in [1.82, 2.24) is 4.98 Å². The van der Waals surface area contributed by atoms with E-state index in [1.807, 2.05) is 6.07 Å². The Kier molecular flexibility index (Phi) is 6.65. The highest BCUT2D eigenvalue weighted by Gasteiger charge is 2.19. The van der Waals surface area contributed by atoms with Gasteiger partial charge in [-0.3, -0.25) is 19.9 Å². The van der Waals surface area contributed by atoms with Crippen LogP contribution in [0.3, 0.4) is 0 Å². The first-order chi connectivity index (χ1) is 13.9. The maximum atomic E-state index is 12.4. The van der Waals surface area contributed by atoms with Crippen molar-refractivity contribution in [2.45, 2.75) is 6.92 Å². The Hall–Kier alpha value is -2.72. The van der Waals surface area contributed by atoms with Gasteiger partial charge in [0.2, 0.25) is 0 Å². The lowest BCUT2D eigenvalue weighted by Gasteiger charge is -2.12. The number of amides is 1. The van der Waals surface area contributed by atoms with Gasteiger partial charge in [-0.15, -0.1) is 0 Å². The highest BCUT2D eigenvalue weighted by atomic mass is 79.9. The van der Waals surface area contributed by atoms with Gasteiger partial charge >= 0.3 is 0 Å². The van der Waals surface area contributed by atoms with Crippen LogP contribution >= 0.6 is 31.9 Å². The van der Waals surface area contributed by atoms with E-state index < -0.39 is 10.8 Å². The van der Waals surface area contributed by atoms with Crippen LogP contribution in [0.25, 0.3) is 10.9 Å². The molecule has 3 rings (SSSR count). The molecule has 0 aliphatic carbocycles. The smallest absolute Gasteiger partial charge is 0.296 e. The summed E-state index contributed by atoms with van der Waals surface area (Å²) in [5, 5.41) is 14.6. The lowest BCUT2D eigenvalue weighted by Crippen LogP contribution is -2.21. The molecule has 1 N–H and O–H groups in total. The summed E-state index contributed by atoms with van der Waals surface area (Å²) in [6, 6.07) is 9.71. The Morgan fingerprint density at radius 2 is 2.00 bits per heavy atom. The molecule has 1 heterocycles. The normalized spacial score (nSPS) is 10.6. The summed E-state index contributed by atoms with van der Waals surface area (Å²) in [5.41, 5.74) is 0.375. The third-order valence-corrected chi connectivity index (χ3v) is 5.09.